The lowest BCUT2D eigenvalue weighted by atomic mass is 10.00. The van der Waals surface area contributed by atoms with E-state index < -0.39 is 0 Å². The highest BCUT2D eigenvalue weighted by Gasteiger charge is 2.18. The first kappa shape index (κ1) is 19.0. The molecule has 1 heterocycles. The molecule has 0 radical (unpaired) electrons. The van der Waals surface area contributed by atoms with Crippen LogP contribution in [0, 0.1) is 5.92 Å². The first-order valence-electron chi connectivity index (χ1n) is 8.80. The minimum absolute atomic E-state index is 0.0202. The molecule has 0 saturated heterocycles. The molecule has 0 spiro atoms. The molecule has 0 saturated carbocycles. The van der Waals surface area contributed by atoms with Crippen LogP contribution in [0.15, 0.2) is 36.5 Å². The van der Waals surface area contributed by atoms with Crippen molar-refractivity contribution in [3.8, 4) is 5.75 Å². The Morgan fingerprint density at radius 2 is 2.04 bits per heavy atom. The van der Waals surface area contributed by atoms with Crippen molar-refractivity contribution in [2.75, 3.05) is 24.3 Å². The number of nitrogens with one attached hydrogen (secondary N) is 1. The Morgan fingerprint density at radius 1 is 1.28 bits per heavy atom. The molecule has 4 N–H and O–H groups in total. The van der Waals surface area contributed by atoms with E-state index in [2.05, 4.69) is 41.3 Å². The lowest BCUT2D eigenvalue weighted by Crippen LogP contribution is -2.31. The summed E-state index contributed by atoms with van der Waals surface area (Å²) in [6, 6.07) is 10.2. The van der Waals surface area contributed by atoms with Gasteiger partial charge >= 0.3 is 0 Å². The summed E-state index contributed by atoms with van der Waals surface area (Å²) in [6.07, 6.45) is 4.37. The van der Waals surface area contributed by atoms with Crippen molar-refractivity contribution < 1.29 is 9.84 Å². The third-order valence-electron chi connectivity index (χ3n) is 4.33. The Balaban J connectivity index is 1.95. The minimum Gasteiger partial charge on any atom is -0.488 e. The average Bonchev–Trinajstić information content (AvgIpc) is 2.64. The van der Waals surface area contributed by atoms with Gasteiger partial charge in [-0.2, -0.15) is 4.98 Å². The number of anilines is 2. The molecular formula is C19H28N4O2. The van der Waals surface area contributed by atoms with Crippen molar-refractivity contribution >= 4 is 11.8 Å². The number of aliphatic hydroxyl groups is 1. The smallest absolute Gasteiger partial charge is 0.222 e. The SMILES string of the molecule is CC[C@@H](C)C(CO)Nc1nc(N)ncc1OCCCc1ccccc1. The second-order valence-electron chi connectivity index (χ2n) is 6.20. The monoisotopic (exact) mass is 344 g/mol. The van der Waals surface area contributed by atoms with Crippen LogP contribution in [0.2, 0.25) is 0 Å². The molecule has 1 aromatic carbocycles. The zero-order chi connectivity index (χ0) is 18.1. The van der Waals surface area contributed by atoms with Gasteiger partial charge < -0.3 is 20.9 Å². The number of nitrogens with two attached hydrogens (primary N) is 1. The molecule has 6 nitrogen and oxygen atoms in total. The van der Waals surface area contributed by atoms with E-state index in [1.54, 1.807) is 6.20 Å². The number of nitrogens with zero attached hydrogens (tertiary/aromatic N) is 2. The van der Waals surface area contributed by atoms with Crippen LogP contribution in [0.25, 0.3) is 0 Å². The van der Waals surface area contributed by atoms with Crippen LogP contribution >= 0.6 is 0 Å². The normalized spacial score (nSPS) is 13.2. The number of aromatic nitrogens is 2. The lowest BCUT2D eigenvalue weighted by molar-refractivity contribution is 0.240. The third-order valence-corrected chi connectivity index (χ3v) is 4.33. The van der Waals surface area contributed by atoms with Gasteiger partial charge in [-0.05, 0) is 24.3 Å². The zero-order valence-corrected chi connectivity index (χ0v) is 15.0. The topological polar surface area (TPSA) is 93.3 Å². The summed E-state index contributed by atoms with van der Waals surface area (Å²) in [6.45, 7) is 4.75. The third kappa shape index (κ3) is 5.90. The number of rotatable bonds is 10. The molecule has 0 amide bonds. The van der Waals surface area contributed by atoms with Crippen LogP contribution in [-0.4, -0.2) is 34.3 Å². The Morgan fingerprint density at radius 3 is 2.72 bits per heavy atom. The van der Waals surface area contributed by atoms with Crippen LogP contribution < -0.4 is 15.8 Å². The van der Waals surface area contributed by atoms with Crippen molar-refractivity contribution in [3.05, 3.63) is 42.1 Å². The van der Waals surface area contributed by atoms with E-state index in [1.807, 2.05) is 18.2 Å². The number of hydrogen-bond acceptors (Lipinski definition) is 6. The molecule has 0 fully saturated rings. The van der Waals surface area contributed by atoms with Crippen LogP contribution in [0.5, 0.6) is 5.75 Å². The fraction of sp³-hybridized carbons (Fsp3) is 0.474. The van der Waals surface area contributed by atoms with E-state index in [0.717, 1.165) is 19.3 Å². The van der Waals surface area contributed by atoms with Crippen molar-refractivity contribution in [1.29, 1.82) is 0 Å². The summed E-state index contributed by atoms with van der Waals surface area (Å²) >= 11 is 0. The maximum Gasteiger partial charge on any atom is 0.222 e. The van der Waals surface area contributed by atoms with Gasteiger partial charge in [0, 0.05) is 0 Å². The van der Waals surface area contributed by atoms with Crippen LogP contribution in [0.4, 0.5) is 11.8 Å². The summed E-state index contributed by atoms with van der Waals surface area (Å²) < 4.78 is 5.85. The van der Waals surface area contributed by atoms with Gasteiger partial charge in [-0.3, -0.25) is 0 Å². The standard InChI is InChI=1S/C19H28N4O2/c1-3-14(2)16(13-24)22-18-17(12-21-19(20)23-18)25-11-7-10-15-8-5-4-6-9-15/h4-6,8-9,12,14,16,24H,3,7,10-11,13H2,1-2H3,(H3,20,21,22,23)/t14-,16?/m1/s1. The lowest BCUT2D eigenvalue weighted by Gasteiger charge is -2.23. The predicted molar refractivity (Wildman–Crippen MR) is 101 cm³/mol. The van der Waals surface area contributed by atoms with Gasteiger partial charge in [-0.1, -0.05) is 50.6 Å². The summed E-state index contributed by atoms with van der Waals surface area (Å²) in [7, 11) is 0. The number of ether oxygens (including phenoxy) is 1. The maximum absolute atomic E-state index is 9.61. The maximum atomic E-state index is 9.61. The van der Waals surface area contributed by atoms with Gasteiger partial charge in [0.05, 0.1) is 25.5 Å². The van der Waals surface area contributed by atoms with E-state index in [9.17, 15) is 5.11 Å². The Kier molecular flexibility index (Phi) is 7.47. The molecule has 2 atom stereocenters. The number of nitrogen functional groups attached to an aromatic ring is 1. The minimum atomic E-state index is -0.106. The summed E-state index contributed by atoms with van der Waals surface area (Å²) in [5, 5.41) is 12.9. The van der Waals surface area contributed by atoms with Crippen molar-refractivity contribution in [1.82, 2.24) is 9.97 Å². The highest BCUT2D eigenvalue weighted by atomic mass is 16.5. The van der Waals surface area contributed by atoms with Gasteiger partial charge in [0.15, 0.2) is 11.6 Å². The van der Waals surface area contributed by atoms with E-state index in [-0.39, 0.29) is 18.6 Å². The fourth-order valence-electron chi connectivity index (χ4n) is 2.52. The second-order valence-corrected chi connectivity index (χ2v) is 6.20. The molecule has 1 aromatic heterocycles. The molecule has 0 aliphatic carbocycles. The number of aliphatic hydroxyl groups excluding tert-OH is 1. The van der Waals surface area contributed by atoms with Crippen molar-refractivity contribution in [2.45, 2.75) is 39.2 Å². The fourth-order valence-corrected chi connectivity index (χ4v) is 2.52. The second kappa shape index (κ2) is 9.84. The summed E-state index contributed by atoms with van der Waals surface area (Å²) in [4.78, 5) is 8.25. The molecule has 25 heavy (non-hydrogen) atoms. The molecule has 0 aliphatic heterocycles. The van der Waals surface area contributed by atoms with E-state index >= 15 is 0 Å². The molecular weight excluding hydrogens is 316 g/mol. The summed E-state index contributed by atoms with van der Waals surface area (Å²) in [5.74, 6) is 1.57. The van der Waals surface area contributed by atoms with Gasteiger partial charge in [0.25, 0.3) is 0 Å². The Bertz CT molecular complexity index is 637. The van der Waals surface area contributed by atoms with Crippen molar-refractivity contribution in [2.24, 2.45) is 5.92 Å². The van der Waals surface area contributed by atoms with Crippen LogP contribution in [0.3, 0.4) is 0 Å². The molecule has 136 valence electrons. The first-order valence-corrected chi connectivity index (χ1v) is 8.80. The molecule has 2 aromatic rings. The Labute approximate surface area is 149 Å². The van der Waals surface area contributed by atoms with Crippen LogP contribution in [0.1, 0.15) is 32.3 Å². The molecule has 0 bridgehead atoms. The van der Waals surface area contributed by atoms with E-state index in [1.165, 1.54) is 5.56 Å². The van der Waals surface area contributed by atoms with Crippen molar-refractivity contribution in [3.63, 3.8) is 0 Å². The molecule has 6 heteroatoms. The number of hydrogen-bond donors (Lipinski definition) is 3. The highest BCUT2D eigenvalue weighted by Crippen LogP contribution is 2.24. The van der Waals surface area contributed by atoms with Gasteiger partial charge in [0.1, 0.15) is 0 Å². The summed E-state index contributed by atoms with van der Waals surface area (Å²) in [5.41, 5.74) is 6.99. The molecule has 1 unspecified atom stereocenters. The predicted octanol–water partition coefficient (Wildman–Crippen LogP) is 2.89. The number of benzene rings is 1. The van der Waals surface area contributed by atoms with Crippen LogP contribution in [-0.2, 0) is 6.42 Å². The van der Waals surface area contributed by atoms with Gasteiger partial charge in [-0.25, -0.2) is 4.98 Å². The quantitative estimate of drug-likeness (QED) is 0.574. The first-order chi connectivity index (χ1) is 12.1. The largest absolute Gasteiger partial charge is 0.488 e. The molecule has 2 rings (SSSR count). The number of aryl methyl sites for hydroxylation is 1. The average molecular weight is 344 g/mol. The Hall–Kier alpha value is -2.34. The molecule has 0 aliphatic rings. The van der Waals surface area contributed by atoms with Gasteiger partial charge in [-0.15, -0.1) is 0 Å². The zero-order valence-electron chi connectivity index (χ0n) is 15.0. The van der Waals surface area contributed by atoms with Gasteiger partial charge in [0.2, 0.25) is 5.95 Å². The van der Waals surface area contributed by atoms with E-state index in [0.29, 0.717) is 24.1 Å². The highest BCUT2D eigenvalue weighted by molar-refractivity contribution is 5.52. The van der Waals surface area contributed by atoms with E-state index in [4.69, 9.17) is 10.5 Å².